The molecule has 86 valence electrons. The molecule has 1 aliphatic rings. The zero-order chi connectivity index (χ0) is 11.8. The van der Waals surface area contributed by atoms with Crippen molar-refractivity contribution in [2.24, 2.45) is 5.41 Å². The zero-order valence-electron chi connectivity index (χ0n) is 10.3. The molecule has 1 atom stereocenters. The van der Waals surface area contributed by atoms with Crippen molar-refractivity contribution < 1.29 is 4.79 Å². The first-order valence-corrected chi connectivity index (χ1v) is 6.03. The molecule has 0 bridgehead atoms. The summed E-state index contributed by atoms with van der Waals surface area (Å²) in [7, 11) is 0. The van der Waals surface area contributed by atoms with Gasteiger partial charge in [-0.1, -0.05) is 33.3 Å². The van der Waals surface area contributed by atoms with Crippen LogP contribution in [0.5, 0.6) is 0 Å². The van der Waals surface area contributed by atoms with Crippen LogP contribution in [0.1, 0.15) is 50.8 Å². The van der Waals surface area contributed by atoms with Crippen LogP contribution < -0.4 is 0 Å². The summed E-state index contributed by atoms with van der Waals surface area (Å²) in [6, 6.07) is 4.00. The molecule has 1 unspecified atom stereocenters. The van der Waals surface area contributed by atoms with Crippen LogP contribution in [-0.4, -0.2) is 10.8 Å². The second kappa shape index (κ2) is 4.00. The van der Waals surface area contributed by atoms with E-state index in [2.05, 4.69) is 31.8 Å². The summed E-state index contributed by atoms with van der Waals surface area (Å²) < 4.78 is 0. The van der Waals surface area contributed by atoms with Crippen LogP contribution in [0.25, 0.3) is 0 Å². The number of Topliss-reactive ketones (excluding diaryl/α,β-unsaturated/α-hetero) is 1. The monoisotopic (exact) mass is 217 g/mol. The molecule has 0 fully saturated rings. The van der Waals surface area contributed by atoms with Crippen molar-refractivity contribution in [3.05, 3.63) is 29.6 Å². The molecule has 1 aromatic heterocycles. The predicted molar refractivity (Wildman–Crippen MR) is 64.4 cm³/mol. The summed E-state index contributed by atoms with van der Waals surface area (Å²) in [5, 5.41) is 0. The summed E-state index contributed by atoms with van der Waals surface area (Å²) in [4.78, 5) is 16.4. The topological polar surface area (TPSA) is 30.0 Å². The first kappa shape index (κ1) is 11.3. The van der Waals surface area contributed by atoms with Crippen molar-refractivity contribution in [1.29, 1.82) is 0 Å². The van der Waals surface area contributed by atoms with Gasteiger partial charge in [0.1, 0.15) is 5.78 Å². The summed E-state index contributed by atoms with van der Waals surface area (Å²) in [5.74, 6) is 0.392. The van der Waals surface area contributed by atoms with Gasteiger partial charge in [-0.25, -0.2) is 0 Å². The van der Waals surface area contributed by atoms with Gasteiger partial charge in [-0.05, 0) is 23.5 Å². The molecule has 0 saturated carbocycles. The van der Waals surface area contributed by atoms with Crippen molar-refractivity contribution in [2.45, 2.75) is 46.0 Å². The highest BCUT2D eigenvalue weighted by atomic mass is 16.1. The number of carbonyl (C=O) groups is 1. The Hall–Kier alpha value is -1.18. The molecular formula is C14H19NO. The summed E-state index contributed by atoms with van der Waals surface area (Å²) in [5.41, 5.74) is 2.20. The van der Waals surface area contributed by atoms with E-state index < -0.39 is 0 Å². The minimum Gasteiger partial charge on any atom is -0.299 e. The lowest BCUT2D eigenvalue weighted by atomic mass is 9.72. The maximum absolute atomic E-state index is 12.1. The van der Waals surface area contributed by atoms with Gasteiger partial charge in [0.05, 0.1) is 5.69 Å². The smallest absolute Gasteiger partial charge is 0.146 e. The lowest BCUT2D eigenvalue weighted by Gasteiger charge is -2.30. The lowest BCUT2D eigenvalue weighted by Crippen LogP contribution is -2.26. The molecule has 1 heterocycles. The molecule has 16 heavy (non-hydrogen) atoms. The van der Waals surface area contributed by atoms with Gasteiger partial charge < -0.3 is 0 Å². The highest BCUT2D eigenvalue weighted by molar-refractivity contribution is 5.92. The maximum atomic E-state index is 12.1. The summed E-state index contributed by atoms with van der Waals surface area (Å²) >= 11 is 0. The van der Waals surface area contributed by atoms with Gasteiger partial charge in [-0.3, -0.25) is 9.78 Å². The predicted octanol–water partition coefficient (Wildman–Crippen LogP) is 3.12. The number of hydrogen-bond donors (Lipinski definition) is 0. The molecule has 1 aromatic rings. The van der Waals surface area contributed by atoms with Crippen LogP contribution in [0.2, 0.25) is 0 Å². The SMILES string of the molecule is CCCC(C)(C)C1C(=O)Cc2ncccc21. The maximum Gasteiger partial charge on any atom is 0.146 e. The van der Waals surface area contributed by atoms with E-state index in [0.29, 0.717) is 12.2 Å². The number of nitrogens with zero attached hydrogens (tertiary/aromatic N) is 1. The van der Waals surface area contributed by atoms with E-state index in [1.165, 1.54) is 0 Å². The fraction of sp³-hybridized carbons (Fsp3) is 0.571. The number of aromatic nitrogens is 1. The number of fused-ring (bicyclic) bond motifs is 1. The number of carbonyl (C=O) groups excluding carboxylic acids is 1. The Bertz CT molecular complexity index is 409. The van der Waals surface area contributed by atoms with Gasteiger partial charge in [-0.2, -0.15) is 0 Å². The van der Waals surface area contributed by atoms with Crippen LogP contribution >= 0.6 is 0 Å². The van der Waals surface area contributed by atoms with Gasteiger partial charge in [-0.15, -0.1) is 0 Å². The highest BCUT2D eigenvalue weighted by Gasteiger charge is 2.41. The standard InChI is InChI=1S/C14H19NO/c1-4-7-14(2,3)13-10-6-5-8-15-11(10)9-12(13)16/h5-6,8,13H,4,7,9H2,1-3H3. The Morgan fingerprint density at radius 1 is 1.50 bits per heavy atom. The fourth-order valence-electron chi connectivity index (χ4n) is 2.95. The van der Waals surface area contributed by atoms with Crippen molar-refractivity contribution in [3.63, 3.8) is 0 Å². The molecule has 1 aliphatic carbocycles. The van der Waals surface area contributed by atoms with Gasteiger partial charge in [0.25, 0.3) is 0 Å². The fourth-order valence-corrected chi connectivity index (χ4v) is 2.95. The zero-order valence-corrected chi connectivity index (χ0v) is 10.3. The Morgan fingerprint density at radius 3 is 2.94 bits per heavy atom. The van der Waals surface area contributed by atoms with Gasteiger partial charge in [0.15, 0.2) is 0 Å². The Labute approximate surface area is 97.1 Å². The minimum atomic E-state index is 0.0520. The Kier molecular flexibility index (Phi) is 2.83. The van der Waals surface area contributed by atoms with E-state index in [1.54, 1.807) is 6.20 Å². The van der Waals surface area contributed by atoms with Gasteiger partial charge >= 0.3 is 0 Å². The molecule has 2 heteroatoms. The number of ketones is 1. The quantitative estimate of drug-likeness (QED) is 0.778. The van der Waals surface area contributed by atoms with E-state index in [-0.39, 0.29) is 11.3 Å². The molecule has 0 amide bonds. The Morgan fingerprint density at radius 2 is 2.25 bits per heavy atom. The highest BCUT2D eigenvalue weighted by Crippen LogP contribution is 2.44. The van der Waals surface area contributed by atoms with Gasteiger partial charge in [0, 0.05) is 18.5 Å². The summed E-state index contributed by atoms with van der Waals surface area (Å²) in [6.07, 6.45) is 4.50. The molecule has 0 radical (unpaired) electrons. The summed E-state index contributed by atoms with van der Waals surface area (Å²) in [6.45, 7) is 6.56. The third-order valence-electron chi connectivity index (χ3n) is 3.58. The van der Waals surface area contributed by atoms with E-state index in [0.717, 1.165) is 24.1 Å². The molecule has 2 nitrogen and oxygen atoms in total. The third kappa shape index (κ3) is 1.77. The molecule has 0 aliphatic heterocycles. The molecule has 0 aromatic carbocycles. The van der Waals surface area contributed by atoms with Crippen LogP contribution in [-0.2, 0) is 11.2 Å². The number of pyridine rings is 1. The van der Waals surface area contributed by atoms with Crippen LogP contribution in [0.4, 0.5) is 0 Å². The van der Waals surface area contributed by atoms with Crippen molar-refractivity contribution in [3.8, 4) is 0 Å². The Balaban J connectivity index is 2.39. The van der Waals surface area contributed by atoms with E-state index >= 15 is 0 Å². The second-order valence-electron chi connectivity index (χ2n) is 5.35. The third-order valence-corrected chi connectivity index (χ3v) is 3.58. The van der Waals surface area contributed by atoms with E-state index in [1.807, 2.05) is 6.07 Å². The first-order chi connectivity index (χ1) is 7.56. The molecule has 0 spiro atoms. The first-order valence-electron chi connectivity index (χ1n) is 6.03. The van der Waals surface area contributed by atoms with E-state index in [9.17, 15) is 4.79 Å². The van der Waals surface area contributed by atoms with Gasteiger partial charge in [0.2, 0.25) is 0 Å². The second-order valence-corrected chi connectivity index (χ2v) is 5.35. The lowest BCUT2D eigenvalue weighted by molar-refractivity contribution is -0.121. The average Bonchev–Trinajstić information content (AvgIpc) is 2.53. The number of hydrogen-bond acceptors (Lipinski definition) is 2. The average molecular weight is 217 g/mol. The largest absolute Gasteiger partial charge is 0.299 e. The molecular weight excluding hydrogens is 198 g/mol. The van der Waals surface area contributed by atoms with Crippen molar-refractivity contribution in [1.82, 2.24) is 4.98 Å². The van der Waals surface area contributed by atoms with Crippen LogP contribution in [0, 0.1) is 5.41 Å². The van der Waals surface area contributed by atoms with Crippen molar-refractivity contribution >= 4 is 5.78 Å². The normalized spacial score (nSPS) is 19.9. The molecule has 0 saturated heterocycles. The van der Waals surface area contributed by atoms with E-state index in [4.69, 9.17) is 0 Å². The minimum absolute atomic E-state index is 0.0520. The van der Waals surface area contributed by atoms with Crippen molar-refractivity contribution in [2.75, 3.05) is 0 Å². The molecule has 0 N–H and O–H groups in total. The van der Waals surface area contributed by atoms with Crippen LogP contribution in [0.15, 0.2) is 18.3 Å². The van der Waals surface area contributed by atoms with Crippen LogP contribution in [0.3, 0.4) is 0 Å². The molecule has 2 rings (SSSR count). The number of rotatable bonds is 3.